The van der Waals surface area contributed by atoms with Crippen LogP contribution in [-0.2, 0) is 19.1 Å². The molecule has 0 aliphatic rings. The number of rotatable bonds is 8. The molecule has 0 saturated heterocycles. The topological polar surface area (TPSA) is 52.6 Å². The van der Waals surface area contributed by atoms with E-state index in [1.807, 2.05) is 42.5 Å². The van der Waals surface area contributed by atoms with E-state index < -0.39 is 5.97 Å². The van der Waals surface area contributed by atoms with Crippen LogP contribution in [0.1, 0.15) is 18.9 Å². The van der Waals surface area contributed by atoms with Gasteiger partial charge in [-0.3, -0.25) is 9.59 Å². The smallest absolute Gasteiger partial charge is 0.313 e. The first kappa shape index (κ1) is 15.1. The van der Waals surface area contributed by atoms with Crippen LogP contribution in [0, 0.1) is 0 Å². The molecular weight excluding hydrogens is 244 g/mol. The number of hydrogen-bond donors (Lipinski definition) is 0. The monoisotopic (exact) mass is 262 g/mol. The largest absolute Gasteiger partial charge is 0.466 e. The fourth-order valence-corrected chi connectivity index (χ4v) is 1.41. The Bertz CT molecular complexity index is 423. The zero-order chi connectivity index (χ0) is 13.9. The summed E-state index contributed by atoms with van der Waals surface area (Å²) >= 11 is 0. The average Bonchev–Trinajstić information content (AvgIpc) is 2.39. The molecule has 4 nitrogen and oxygen atoms in total. The molecule has 0 aliphatic carbocycles. The van der Waals surface area contributed by atoms with Gasteiger partial charge in [0, 0.05) is 0 Å². The van der Waals surface area contributed by atoms with Crippen LogP contribution in [0.2, 0.25) is 0 Å². The van der Waals surface area contributed by atoms with Gasteiger partial charge in [0.05, 0.1) is 13.2 Å². The Morgan fingerprint density at radius 1 is 1.21 bits per heavy atom. The molecule has 0 spiro atoms. The van der Waals surface area contributed by atoms with E-state index in [0.717, 1.165) is 5.56 Å². The van der Waals surface area contributed by atoms with Crippen molar-refractivity contribution in [1.82, 2.24) is 0 Å². The molecule has 0 saturated carbocycles. The molecule has 0 heterocycles. The van der Waals surface area contributed by atoms with E-state index in [1.54, 1.807) is 6.92 Å². The van der Waals surface area contributed by atoms with E-state index in [2.05, 4.69) is 4.74 Å². The molecule has 0 amide bonds. The van der Waals surface area contributed by atoms with Crippen molar-refractivity contribution < 1.29 is 19.1 Å². The normalized spacial score (nSPS) is 10.6. The number of Topliss-reactive ketones (excluding diaryl/α,β-unsaturated/α-hetero) is 1. The number of carbonyl (C=O) groups is 2. The van der Waals surface area contributed by atoms with Crippen molar-refractivity contribution in [2.75, 3.05) is 19.8 Å². The molecule has 0 fully saturated rings. The van der Waals surface area contributed by atoms with Crippen molar-refractivity contribution in [2.45, 2.75) is 13.3 Å². The van der Waals surface area contributed by atoms with Crippen molar-refractivity contribution >= 4 is 17.8 Å². The maximum atomic E-state index is 11.3. The fraction of sp³-hybridized carbons (Fsp3) is 0.333. The van der Waals surface area contributed by atoms with Crippen molar-refractivity contribution in [3.05, 3.63) is 42.0 Å². The van der Waals surface area contributed by atoms with Crippen molar-refractivity contribution in [3.8, 4) is 0 Å². The highest BCUT2D eigenvalue weighted by atomic mass is 16.5. The Hall–Kier alpha value is -1.94. The van der Waals surface area contributed by atoms with Crippen molar-refractivity contribution in [2.24, 2.45) is 0 Å². The highest BCUT2D eigenvalue weighted by molar-refractivity contribution is 5.96. The van der Waals surface area contributed by atoms with E-state index >= 15 is 0 Å². The first-order chi connectivity index (χ1) is 9.22. The minimum absolute atomic E-state index is 0.0715. The van der Waals surface area contributed by atoms with Crippen molar-refractivity contribution in [3.63, 3.8) is 0 Å². The number of ether oxygens (including phenoxy) is 2. The summed E-state index contributed by atoms with van der Waals surface area (Å²) in [4.78, 5) is 22.3. The van der Waals surface area contributed by atoms with Gasteiger partial charge >= 0.3 is 5.97 Å². The molecule has 0 N–H and O–H groups in total. The van der Waals surface area contributed by atoms with Gasteiger partial charge < -0.3 is 9.47 Å². The van der Waals surface area contributed by atoms with Gasteiger partial charge in [-0.1, -0.05) is 42.5 Å². The van der Waals surface area contributed by atoms with Crippen LogP contribution in [-0.4, -0.2) is 31.6 Å². The Morgan fingerprint density at radius 3 is 2.63 bits per heavy atom. The molecular formula is C15H18O4. The van der Waals surface area contributed by atoms with Crippen LogP contribution in [0.4, 0.5) is 0 Å². The standard InChI is InChI=1S/C15H18O4/c1-2-19-15(17)11-14(16)12-18-10-6-9-13-7-4-3-5-8-13/h3-9H,2,10-12H2,1H3. The van der Waals surface area contributed by atoms with Gasteiger partial charge in [-0.15, -0.1) is 0 Å². The van der Waals surface area contributed by atoms with E-state index in [-0.39, 0.29) is 25.4 Å². The molecule has 1 rings (SSSR count). The Morgan fingerprint density at radius 2 is 1.95 bits per heavy atom. The molecule has 1 aromatic carbocycles. The summed E-state index contributed by atoms with van der Waals surface area (Å²) in [6.45, 7) is 2.25. The maximum absolute atomic E-state index is 11.3. The molecule has 0 atom stereocenters. The van der Waals surface area contributed by atoms with Gasteiger partial charge in [-0.2, -0.15) is 0 Å². The predicted molar refractivity (Wildman–Crippen MR) is 72.6 cm³/mol. The second kappa shape index (κ2) is 9.05. The molecule has 0 aliphatic heterocycles. The zero-order valence-electron chi connectivity index (χ0n) is 11.0. The lowest BCUT2D eigenvalue weighted by atomic mass is 10.2. The lowest BCUT2D eigenvalue weighted by Crippen LogP contribution is -2.15. The molecule has 4 heteroatoms. The summed E-state index contributed by atoms with van der Waals surface area (Å²) in [5, 5.41) is 0. The number of hydrogen-bond acceptors (Lipinski definition) is 4. The molecule has 0 aromatic heterocycles. The van der Waals surface area contributed by atoms with E-state index in [4.69, 9.17) is 4.74 Å². The summed E-state index contributed by atoms with van der Waals surface area (Å²) in [7, 11) is 0. The summed E-state index contributed by atoms with van der Waals surface area (Å²) in [6, 6.07) is 9.79. The first-order valence-electron chi connectivity index (χ1n) is 6.19. The third kappa shape index (κ3) is 7.16. The van der Waals surface area contributed by atoms with Crippen LogP contribution < -0.4 is 0 Å². The highest BCUT2D eigenvalue weighted by Gasteiger charge is 2.09. The quantitative estimate of drug-likeness (QED) is 0.409. The number of esters is 1. The highest BCUT2D eigenvalue weighted by Crippen LogP contribution is 2.00. The van der Waals surface area contributed by atoms with Gasteiger partial charge in [0.2, 0.25) is 0 Å². The van der Waals surface area contributed by atoms with E-state index in [0.29, 0.717) is 6.61 Å². The lowest BCUT2D eigenvalue weighted by molar-refractivity contribution is -0.146. The zero-order valence-corrected chi connectivity index (χ0v) is 11.0. The lowest BCUT2D eigenvalue weighted by Gasteiger charge is -2.01. The number of ketones is 1. The average molecular weight is 262 g/mol. The molecule has 0 radical (unpaired) electrons. The summed E-state index contributed by atoms with van der Waals surface area (Å²) in [5.41, 5.74) is 1.07. The predicted octanol–water partition coefficient (Wildman–Crippen LogP) is 2.24. The summed E-state index contributed by atoms with van der Waals surface area (Å²) in [6.07, 6.45) is 3.51. The second-order valence-corrected chi connectivity index (χ2v) is 3.85. The van der Waals surface area contributed by atoms with E-state index in [9.17, 15) is 9.59 Å². The van der Waals surface area contributed by atoms with Gasteiger partial charge in [0.1, 0.15) is 13.0 Å². The molecule has 102 valence electrons. The van der Waals surface area contributed by atoms with Crippen LogP contribution in [0.15, 0.2) is 36.4 Å². The van der Waals surface area contributed by atoms with E-state index in [1.165, 1.54) is 0 Å². The van der Waals surface area contributed by atoms with Gasteiger partial charge in [-0.05, 0) is 12.5 Å². The van der Waals surface area contributed by atoms with Crippen molar-refractivity contribution in [1.29, 1.82) is 0 Å². The molecule has 0 bridgehead atoms. The minimum Gasteiger partial charge on any atom is -0.466 e. The van der Waals surface area contributed by atoms with Crippen LogP contribution in [0.25, 0.3) is 6.08 Å². The summed E-state index contributed by atoms with van der Waals surface area (Å²) in [5.74, 6) is -0.775. The van der Waals surface area contributed by atoms with Gasteiger partial charge in [0.15, 0.2) is 5.78 Å². The number of carbonyl (C=O) groups excluding carboxylic acids is 2. The maximum Gasteiger partial charge on any atom is 0.313 e. The third-order valence-corrected chi connectivity index (χ3v) is 2.23. The Kier molecular flexibility index (Phi) is 7.20. The molecule has 1 aromatic rings. The fourth-order valence-electron chi connectivity index (χ4n) is 1.41. The SMILES string of the molecule is CCOC(=O)CC(=O)COCC=Cc1ccccc1. The number of benzene rings is 1. The van der Waals surface area contributed by atoms with Gasteiger partial charge in [0.25, 0.3) is 0 Å². The molecule has 0 unspecified atom stereocenters. The third-order valence-electron chi connectivity index (χ3n) is 2.23. The minimum atomic E-state index is -0.504. The summed E-state index contributed by atoms with van der Waals surface area (Å²) < 4.78 is 9.82. The second-order valence-electron chi connectivity index (χ2n) is 3.85. The Balaban J connectivity index is 2.15. The first-order valence-corrected chi connectivity index (χ1v) is 6.19. The Labute approximate surface area is 113 Å². The van der Waals surface area contributed by atoms with Crippen LogP contribution >= 0.6 is 0 Å². The molecule has 19 heavy (non-hydrogen) atoms. The van der Waals surface area contributed by atoms with Gasteiger partial charge in [-0.25, -0.2) is 0 Å². The van der Waals surface area contributed by atoms with Crippen LogP contribution in [0.3, 0.4) is 0 Å². The van der Waals surface area contributed by atoms with Crippen LogP contribution in [0.5, 0.6) is 0 Å².